The Labute approximate surface area is 117 Å². The van der Waals surface area contributed by atoms with Gasteiger partial charge in [-0.1, -0.05) is 6.07 Å². The fourth-order valence-corrected chi connectivity index (χ4v) is 2.75. The van der Waals surface area contributed by atoms with Crippen molar-refractivity contribution >= 4 is 11.7 Å². The largest absolute Gasteiger partial charge is 0.480 e. The molecule has 1 aromatic carbocycles. The number of fused-ring (bicyclic) bond motifs is 1. The molecule has 1 aliphatic heterocycles. The van der Waals surface area contributed by atoms with E-state index in [1.807, 2.05) is 6.07 Å². The van der Waals surface area contributed by atoms with Crippen LogP contribution in [0.4, 0.5) is 10.1 Å². The normalized spacial score (nSPS) is 18.9. The molecule has 1 atom stereocenters. The number of nitrogens with zero attached hydrogens (tertiary/aromatic N) is 1. The van der Waals surface area contributed by atoms with Crippen molar-refractivity contribution in [2.45, 2.75) is 37.8 Å². The number of hydrogen-bond donors (Lipinski definition) is 2. The molecule has 2 N–H and O–H groups in total. The van der Waals surface area contributed by atoms with Crippen LogP contribution in [0.1, 0.15) is 24.8 Å². The molecule has 1 aliphatic carbocycles. The van der Waals surface area contributed by atoms with E-state index in [4.69, 9.17) is 0 Å². The van der Waals surface area contributed by atoms with Gasteiger partial charge in [-0.15, -0.1) is 0 Å². The van der Waals surface area contributed by atoms with Crippen molar-refractivity contribution in [1.82, 2.24) is 5.32 Å². The van der Waals surface area contributed by atoms with E-state index < -0.39 is 12.0 Å². The lowest BCUT2D eigenvalue weighted by molar-refractivity contribution is -0.139. The summed E-state index contributed by atoms with van der Waals surface area (Å²) in [6, 6.07) is 4.73. The topological polar surface area (TPSA) is 52.6 Å². The molecular weight excluding hydrogens is 259 g/mol. The first-order valence-corrected chi connectivity index (χ1v) is 7.16. The number of benzene rings is 1. The highest BCUT2D eigenvalue weighted by Crippen LogP contribution is 2.29. The molecule has 1 unspecified atom stereocenters. The fourth-order valence-electron chi connectivity index (χ4n) is 2.75. The third kappa shape index (κ3) is 2.93. The quantitative estimate of drug-likeness (QED) is 0.833. The molecule has 1 heterocycles. The lowest BCUT2D eigenvalue weighted by Crippen LogP contribution is -2.40. The van der Waals surface area contributed by atoms with Crippen LogP contribution in [-0.2, 0) is 11.2 Å². The van der Waals surface area contributed by atoms with Gasteiger partial charge in [0.15, 0.2) is 0 Å². The zero-order valence-electron chi connectivity index (χ0n) is 11.3. The molecule has 3 rings (SSSR count). The van der Waals surface area contributed by atoms with E-state index in [0.29, 0.717) is 19.0 Å². The van der Waals surface area contributed by atoms with Crippen molar-refractivity contribution in [1.29, 1.82) is 0 Å². The van der Waals surface area contributed by atoms with Gasteiger partial charge < -0.3 is 15.3 Å². The summed E-state index contributed by atoms with van der Waals surface area (Å²) in [5.74, 6) is -1.03. The minimum absolute atomic E-state index is 0.235. The molecule has 20 heavy (non-hydrogen) atoms. The standard InChI is InChI=1S/C15H19FN2O2/c16-11-2-1-10-5-7-18(14(10)9-11)8-6-13(15(19)20)17-12-3-4-12/h1-2,9,12-13,17H,3-8H2,(H,19,20). The zero-order valence-corrected chi connectivity index (χ0v) is 11.3. The van der Waals surface area contributed by atoms with Crippen molar-refractivity contribution in [2.75, 3.05) is 18.0 Å². The second-order valence-electron chi connectivity index (χ2n) is 5.63. The maximum atomic E-state index is 13.3. The van der Waals surface area contributed by atoms with Crippen LogP contribution in [-0.4, -0.2) is 36.2 Å². The third-order valence-electron chi connectivity index (χ3n) is 4.04. The Morgan fingerprint density at radius 3 is 3.00 bits per heavy atom. The summed E-state index contributed by atoms with van der Waals surface area (Å²) >= 11 is 0. The molecule has 1 aromatic rings. The number of aliphatic carboxylic acids is 1. The second kappa shape index (κ2) is 5.40. The minimum Gasteiger partial charge on any atom is -0.480 e. The lowest BCUT2D eigenvalue weighted by Gasteiger charge is -2.22. The van der Waals surface area contributed by atoms with Crippen LogP contribution in [0, 0.1) is 5.82 Å². The van der Waals surface area contributed by atoms with Crippen LogP contribution in [0.2, 0.25) is 0 Å². The average Bonchev–Trinajstić information content (AvgIpc) is 3.15. The van der Waals surface area contributed by atoms with Crippen molar-refractivity contribution in [2.24, 2.45) is 0 Å². The van der Waals surface area contributed by atoms with Gasteiger partial charge in [-0.05, 0) is 43.4 Å². The fraction of sp³-hybridized carbons (Fsp3) is 0.533. The van der Waals surface area contributed by atoms with Crippen LogP contribution in [0.5, 0.6) is 0 Å². The lowest BCUT2D eigenvalue weighted by atomic mass is 10.1. The first kappa shape index (κ1) is 13.4. The van der Waals surface area contributed by atoms with Crippen LogP contribution < -0.4 is 10.2 Å². The number of nitrogens with one attached hydrogen (secondary N) is 1. The third-order valence-corrected chi connectivity index (χ3v) is 4.04. The molecule has 4 nitrogen and oxygen atoms in total. The molecule has 0 aromatic heterocycles. The summed E-state index contributed by atoms with van der Waals surface area (Å²) in [7, 11) is 0. The smallest absolute Gasteiger partial charge is 0.320 e. The van der Waals surface area contributed by atoms with Gasteiger partial charge in [0.05, 0.1) is 0 Å². The highest BCUT2D eigenvalue weighted by atomic mass is 19.1. The number of halogens is 1. The van der Waals surface area contributed by atoms with E-state index in [1.165, 1.54) is 6.07 Å². The molecule has 5 heteroatoms. The van der Waals surface area contributed by atoms with E-state index in [9.17, 15) is 14.3 Å². The molecule has 0 spiro atoms. The molecule has 0 saturated heterocycles. The van der Waals surface area contributed by atoms with Gasteiger partial charge in [-0.25, -0.2) is 4.39 Å². The van der Waals surface area contributed by atoms with E-state index >= 15 is 0 Å². The Balaban J connectivity index is 1.61. The summed E-state index contributed by atoms with van der Waals surface area (Å²) in [4.78, 5) is 13.3. The van der Waals surface area contributed by atoms with Gasteiger partial charge in [0.25, 0.3) is 0 Å². The predicted molar refractivity (Wildman–Crippen MR) is 74.5 cm³/mol. The molecule has 0 amide bonds. The van der Waals surface area contributed by atoms with Crippen molar-refractivity contribution in [3.63, 3.8) is 0 Å². The monoisotopic (exact) mass is 278 g/mol. The maximum absolute atomic E-state index is 13.3. The van der Waals surface area contributed by atoms with Crippen molar-refractivity contribution in [3.8, 4) is 0 Å². The Morgan fingerprint density at radius 2 is 2.30 bits per heavy atom. The molecule has 0 radical (unpaired) electrons. The summed E-state index contributed by atoms with van der Waals surface area (Å²) in [6.45, 7) is 1.49. The van der Waals surface area contributed by atoms with Gasteiger partial charge in [-0.3, -0.25) is 4.79 Å². The van der Waals surface area contributed by atoms with E-state index in [2.05, 4.69) is 10.2 Å². The first-order valence-electron chi connectivity index (χ1n) is 7.16. The van der Waals surface area contributed by atoms with Gasteiger partial charge >= 0.3 is 5.97 Å². The van der Waals surface area contributed by atoms with Gasteiger partial charge in [0, 0.05) is 24.8 Å². The van der Waals surface area contributed by atoms with E-state index in [1.54, 1.807) is 6.07 Å². The Kier molecular flexibility index (Phi) is 3.61. The number of rotatable bonds is 6. The molecule has 1 fully saturated rings. The van der Waals surface area contributed by atoms with E-state index in [-0.39, 0.29) is 5.82 Å². The Hall–Kier alpha value is -1.62. The predicted octanol–water partition coefficient (Wildman–Crippen LogP) is 1.78. The number of anilines is 1. The summed E-state index contributed by atoms with van der Waals surface area (Å²) < 4.78 is 13.3. The number of carbonyl (C=O) groups is 1. The van der Waals surface area contributed by atoms with E-state index in [0.717, 1.165) is 37.1 Å². The van der Waals surface area contributed by atoms with Crippen LogP contribution in [0.15, 0.2) is 18.2 Å². The second-order valence-corrected chi connectivity index (χ2v) is 5.63. The summed E-state index contributed by atoms with van der Waals surface area (Å²) in [6.07, 6.45) is 3.59. The van der Waals surface area contributed by atoms with Gasteiger partial charge in [-0.2, -0.15) is 0 Å². The van der Waals surface area contributed by atoms with Crippen molar-refractivity contribution in [3.05, 3.63) is 29.6 Å². The molecular formula is C15H19FN2O2. The molecule has 1 saturated carbocycles. The SMILES string of the molecule is O=C(O)C(CCN1CCc2ccc(F)cc21)NC1CC1. The van der Waals surface area contributed by atoms with Gasteiger partial charge in [0.1, 0.15) is 11.9 Å². The summed E-state index contributed by atoms with van der Waals surface area (Å²) in [5.41, 5.74) is 2.06. The Bertz CT molecular complexity index is 517. The molecule has 0 bridgehead atoms. The maximum Gasteiger partial charge on any atom is 0.320 e. The van der Waals surface area contributed by atoms with Crippen LogP contribution in [0.25, 0.3) is 0 Å². The number of hydrogen-bond acceptors (Lipinski definition) is 3. The van der Waals surface area contributed by atoms with Gasteiger partial charge in [0.2, 0.25) is 0 Å². The highest BCUT2D eigenvalue weighted by Gasteiger charge is 2.29. The number of carboxylic acids is 1. The minimum atomic E-state index is -0.796. The molecule has 2 aliphatic rings. The Morgan fingerprint density at radius 1 is 1.50 bits per heavy atom. The zero-order chi connectivity index (χ0) is 14.1. The average molecular weight is 278 g/mol. The van der Waals surface area contributed by atoms with Crippen molar-refractivity contribution < 1.29 is 14.3 Å². The molecule has 108 valence electrons. The highest BCUT2D eigenvalue weighted by molar-refractivity contribution is 5.73. The van der Waals surface area contributed by atoms with Crippen LogP contribution in [0.3, 0.4) is 0 Å². The van der Waals surface area contributed by atoms with Crippen LogP contribution >= 0.6 is 0 Å². The first-order chi connectivity index (χ1) is 9.63. The number of carboxylic acid groups (broad SMARTS) is 1. The summed E-state index contributed by atoms with van der Waals surface area (Å²) in [5, 5.41) is 12.4.